The van der Waals surface area contributed by atoms with E-state index in [4.69, 9.17) is 11.6 Å². The summed E-state index contributed by atoms with van der Waals surface area (Å²) in [6, 6.07) is 7.64. The van der Waals surface area contributed by atoms with E-state index in [1.54, 1.807) is 30.6 Å². The normalized spacial score (nSPS) is 13.2. The van der Waals surface area contributed by atoms with Gasteiger partial charge in [0.25, 0.3) is 0 Å². The summed E-state index contributed by atoms with van der Waals surface area (Å²) < 4.78 is 38.5. The Bertz CT molecular complexity index is 587. The van der Waals surface area contributed by atoms with Gasteiger partial charge in [0.15, 0.2) is 0 Å². The highest BCUT2D eigenvalue weighted by Gasteiger charge is 2.33. The first-order chi connectivity index (χ1) is 9.38. The number of hydrogen-bond acceptors (Lipinski definition) is 1. The maximum atomic E-state index is 12.8. The molecule has 0 aliphatic carbocycles. The Balaban J connectivity index is 2.25. The summed E-state index contributed by atoms with van der Waals surface area (Å²) in [5, 5.41) is -0.522. The molecule has 1 aromatic heterocycles. The minimum atomic E-state index is -4.40. The average Bonchev–Trinajstić information content (AvgIpc) is 2.39. The van der Waals surface area contributed by atoms with Crippen LogP contribution in [0.5, 0.6) is 0 Å². The number of rotatable bonds is 3. The Morgan fingerprint density at radius 2 is 1.80 bits per heavy atom. The molecule has 1 unspecified atom stereocenters. The van der Waals surface area contributed by atoms with E-state index in [1.807, 2.05) is 0 Å². The van der Waals surface area contributed by atoms with Crippen LogP contribution in [-0.4, -0.2) is 4.98 Å². The summed E-state index contributed by atoms with van der Waals surface area (Å²) in [6.45, 7) is 0. The Morgan fingerprint density at radius 1 is 1.15 bits per heavy atom. The average molecular weight is 365 g/mol. The van der Waals surface area contributed by atoms with Crippen LogP contribution in [-0.2, 0) is 12.6 Å². The van der Waals surface area contributed by atoms with Gasteiger partial charge in [-0.15, -0.1) is 11.6 Å². The van der Waals surface area contributed by atoms with E-state index in [-0.39, 0.29) is 4.47 Å². The highest BCUT2D eigenvalue weighted by Crippen LogP contribution is 2.37. The standard InChI is InChI=1S/C14H10BrClF3N/c15-12-2-1-10(8-11(12)14(17,18)19)13(16)7-9-3-5-20-6-4-9/h1-6,8,13H,7H2. The molecule has 0 spiro atoms. The predicted octanol–water partition coefficient (Wildman–Crippen LogP) is 5.39. The van der Waals surface area contributed by atoms with Crippen molar-refractivity contribution in [1.82, 2.24) is 4.98 Å². The van der Waals surface area contributed by atoms with E-state index in [0.717, 1.165) is 11.6 Å². The minimum absolute atomic E-state index is 0.0153. The van der Waals surface area contributed by atoms with Crippen molar-refractivity contribution in [2.45, 2.75) is 18.0 Å². The molecule has 1 atom stereocenters. The molecule has 6 heteroatoms. The van der Waals surface area contributed by atoms with Crippen molar-refractivity contribution in [3.05, 3.63) is 63.9 Å². The van der Waals surface area contributed by atoms with Gasteiger partial charge in [0.1, 0.15) is 0 Å². The van der Waals surface area contributed by atoms with Gasteiger partial charge in [-0.2, -0.15) is 13.2 Å². The van der Waals surface area contributed by atoms with Crippen LogP contribution < -0.4 is 0 Å². The third-order valence-corrected chi connectivity index (χ3v) is 3.92. The topological polar surface area (TPSA) is 12.9 Å². The number of hydrogen-bond donors (Lipinski definition) is 0. The molecular weight excluding hydrogens is 355 g/mol. The maximum Gasteiger partial charge on any atom is 0.417 e. The van der Waals surface area contributed by atoms with Gasteiger partial charge in [-0.3, -0.25) is 4.98 Å². The molecule has 0 aliphatic heterocycles. The summed E-state index contributed by atoms with van der Waals surface area (Å²) in [5.41, 5.74) is 0.658. The largest absolute Gasteiger partial charge is 0.417 e. The molecule has 0 bridgehead atoms. The zero-order chi connectivity index (χ0) is 14.8. The van der Waals surface area contributed by atoms with Gasteiger partial charge < -0.3 is 0 Å². The number of alkyl halides is 4. The number of benzene rings is 1. The number of aromatic nitrogens is 1. The Hall–Kier alpha value is -1.07. The van der Waals surface area contributed by atoms with Crippen LogP contribution >= 0.6 is 27.5 Å². The molecule has 0 aliphatic rings. The van der Waals surface area contributed by atoms with Crippen molar-refractivity contribution in [1.29, 1.82) is 0 Å². The van der Waals surface area contributed by atoms with Crippen molar-refractivity contribution >= 4 is 27.5 Å². The number of halogens is 5. The van der Waals surface area contributed by atoms with Crippen molar-refractivity contribution in [2.75, 3.05) is 0 Å². The summed E-state index contributed by atoms with van der Waals surface area (Å²) in [5.74, 6) is 0. The highest BCUT2D eigenvalue weighted by molar-refractivity contribution is 9.10. The van der Waals surface area contributed by atoms with E-state index in [1.165, 1.54) is 6.07 Å². The van der Waals surface area contributed by atoms with E-state index >= 15 is 0 Å². The lowest BCUT2D eigenvalue weighted by Gasteiger charge is -2.14. The fourth-order valence-electron chi connectivity index (χ4n) is 1.80. The molecule has 1 heterocycles. The third kappa shape index (κ3) is 3.73. The van der Waals surface area contributed by atoms with Crippen molar-refractivity contribution in [3.63, 3.8) is 0 Å². The van der Waals surface area contributed by atoms with E-state index in [0.29, 0.717) is 12.0 Å². The smallest absolute Gasteiger partial charge is 0.265 e. The quantitative estimate of drug-likeness (QED) is 0.666. The third-order valence-electron chi connectivity index (χ3n) is 2.82. The first-order valence-corrected chi connectivity index (χ1v) is 7.00. The first kappa shape index (κ1) is 15.3. The minimum Gasteiger partial charge on any atom is -0.265 e. The van der Waals surface area contributed by atoms with Crippen LogP contribution in [0.2, 0.25) is 0 Å². The van der Waals surface area contributed by atoms with Gasteiger partial charge in [-0.05, 0) is 41.8 Å². The van der Waals surface area contributed by atoms with Gasteiger partial charge >= 0.3 is 6.18 Å². The first-order valence-electron chi connectivity index (χ1n) is 5.77. The molecule has 20 heavy (non-hydrogen) atoms. The van der Waals surface area contributed by atoms with Gasteiger partial charge in [0.2, 0.25) is 0 Å². The van der Waals surface area contributed by atoms with Gasteiger partial charge in [-0.25, -0.2) is 0 Å². The molecule has 1 nitrogen and oxygen atoms in total. The van der Waals surface area contributed by atoms with E-state index in [2.05, 4.69) is 20.9 Å². The Morgan fingerprint density at radius 3 is 2.40 bits per heavy atom. The maximum absolute atomic E-state index is 12.8. The fourth-order valence-corrected chi connectivity index (χ4v) is 2.58. The molecular formula is C14H10BrClF3N. The van der Waals surface area contributed by atoms with Crippen molar-refractivity contribution in [2.24, 2.45) is 0 Å². The van der Waals surface area contributed by atoms with Gasteiger partial charge in [0, 0.05) is 16.9 Å². The van der Waals surface area contributed by atoms with Crippen LogP contribution in [0.4, 0.5) is 13.2 Å². The molecule has 0 amide bonds. The Kier molecular flexibility index (Phi) is 4.70. The fraction of sp³-hybridized carbons (Fsp3) is 0.214. The predicted molar refractivity (Wildman–Crippen MR) is 75.7 cm³/mol. The molecule has 0 saturated heterocycles. The van der Waals surface area contributed by atoms with Gasteiger partial charge in [-0.1, -0.05) is 22.0 Å². The monoisotopic (exact) mass is 363 g/mol. The van der Waals surface area contributed by atoms with Crippen molar-refractivity contribution in [3.8, 4) is 0 Å². The lowest BCUT2D eigenvalue weighted by atomic mass is 10.0. The second kappa shape index (κ2) is 6.14. The summed E-state index contributed by atoms with van der Waals surface area (Å²) in [6.07, 6.45) is -0.700. The van der Waals surface area contributed by atoms with Crippen LogP contribution in [0.1, 0.15) is 22.1 Å². The van der Waals surface area contributed by atoms with E-state index in [9.17, 15) is 13.2 Å². The van der Waals surface area contributed by atoms with Crippen LogP contribution in [0.3, 0.4) is 0 Å². The second-order valence-electron chi connectivity index (χ2n) is 4.26. The molecule has 106 valence electrons. The number of pyridine rings is 1. The summed E-state index contributed by atoms with van der Waals surface area (Å²) in [4.78, 5) is 3.89. The van der Waals surface area contributed by atoms with Crippen LogP contribution in [0.15, 0.2) is 47.2 Å². The molecule has 0 fully saturated rings. The second-order valence-corrected chi connectivity index (χ2v) is 5.65. The van der Waals surface area contributed by atoms with Crippen molar-refractivity contribution < 1.29 is 13.2 Å². The molecule has 0 N–H and O–H groups in total. The molecule has 1 aromatic carbocycles. The Labute approximate surface area is 127 Å². The zero-order valence-corrected chi connectivity index (χ0v) is 12.5. The van der Waals surface area contributed by atoms with Gasteiger partial charge in [0.05, 0.1) is 10.9 Å². The number of nitrogens with zero attached hydrogens (tertiary/aromatic N) is 1. The van der Waals surface area contributed by atoms with E-state index < -0.39 is 17.1 Å². The SMILES string of the molecule is FC(F)(F)c1cc(C(Cl)Cc2ccncc2)ccc1Br. The zero-order valence-electron chi connectivity index (χ0n) is 10.2. The highest BCUT2D eigenvalue weighted by atomic mass is 79.9. The van der Waals surface area contributed by atoms with Crippen LogP contribution in [0.25, 0.3) is 0 Å². The molecule has 0 saturated carbocycles. The molecule has 2 rings (SSSR count). The lowest BCUT2D eigenvalue weighted by Crippen LogP contribution is -2.07. The summed E-state index contributed by atoms with van der Waals surface area (Å²) >= 11 is 9.12. The molecule has 2 aromatic rings. The van der Waals surface area contributed by atoms with Crippen LogP contribution in [0, 0.1) is 0 Å². The molecule has 0 radical (unpaired) electrons. The summed E-state index contributed by atoms with van der Waals surface area (Å²) in [7, 11) is 0. The lowest BCUT2D eigenvalue weighted by molar-refractivity contribution is -0.138.